The van der Waals surface area contributed by atoms with Crippen LogP contribution in [0, 0.1) is 5.92 Å². The molecule has 2 fully saturated rings. The number of piperazine rings is 1. The van der Waals surface area contributed by atoms with Crippen molar-refractivity contribution in [2.45, 2.75) is 26.3 Å². The van der Waals surface area contributed by atoms with E-state index in [9.17, 15) is 0 Å². The number of rotatable bonds is 4. The van der Waals surface area contributed by atoms with E-state index in [2.05, 4.69) is 61.8 Å². The van der Waals surface area contributed by atoms with Crippen LogP contribution in [0.2, 0.25) is 0 Å². The molecule has 2 aromatic rings. The van der Waals surface area contributed by atoms with Gasteiger partial charge in [-0.15, -0.1) is 10.2 Å². The van der Waals surface area contributed by atoms with Crippen molar-refractivity contribution >= 4 is 16.5 Å². The molecular formula is C18H28N6S. The lowest BCUT2D eigenvalue weighted by Crippen LogP contribution is -2.44. The minimum Gasteiger partial charge on any atom is -0.347 e. The van der Waals surface area contributed by atoms with Crippen LogP contribution in [0.5, 0.6) is 0 Å². The number of hydrogen-bond acceptors (Lipinski definition) is 6. The van der Waals surface area contributed by atoms with Crippen LogP contribution in [0.25, 0.3) is 5.13 Å². The second kappa shape index (κ2) is 7.43. The van der Waals surface area contributed by atoms with Crippen molar-refractivity contribution < 1.29 is 0 Å². The summed E-state index contributed by atoms with van der Waals surface area (Å²) in [6, 6.07) is 4.33. The Balaban J connectivity index is 1.45. The second-order valence-corrected chi connectivity index (χ2v) is 8.42. The van der Waals surface area contributed by atoms with Crippen LogP contribution >= 0.6 is 11.3 Å². The first-order chi connectivity index (χ1) is 12.2. The van der Waals surface area contributed by atoms with Crippen LogP contribution in [0.3, 0.4) is 0 Å². The predicted molar refractivity (Wildman–Crippen MR) is 103 cm³/mol. The Morgan fingerprint density at radius 3 is 2.52 bits per heavy atom. The Bertz CT molecular complexity index is 679. The first-order valence-electron chi connectivity index (χ1n) is 9.35. The number of likely N-dealkylation sites (N-methyl/N-ethyl adjacent to an activating group) is 1. The Morgan fingerprint density at radius 1 is 1.04 bits per heavy atom. The van der Waals surface area contributed by atoms with Gasteiger partial charge < -0.3 is 9.80 Å². The number of piperidine rings is 1. The second-order valence-electron chi connectivity index (χ2n) is 7.49. The summed E-state index contributed by atoms with van der Waals surface area (Å²) in [4.78, 5) is 7.32. The molecule has 0 N–H and O–H groups in total. The third-order valence-corrected chi connectivity index (χ3v) is 6.46. The number of nitrogens with zero attached hydrogens (tertiary/aromatic N) is 6. The van der Waals surface area contributed by atoms with Gasteiger partial charge in [-0.3, -0.25) is 9.47 Å². The highest BCUT2D eigenvalue weighted by Gasteiger charge is 2.21. The predicted octanol–water partition coefficient (Wildman–Crippen LogP) is 2.31. The highest BCUT2D eigenvalue weighted by atomic mass is 32.1. The fraction of sp³-hybridized carbons (Fsp3) is 0.667. The average Bonchev–Trinajstić information content (AvgIpc) is 3.27. The molecule has 0 spiro atoms. The van der Waals surface area contributed by atoms with Gasteiger partial charge in [0.1, 0.15) is 0 Å². The molecule has 0 unspecified atom stereocenters. The first-order valence-corrected chi connectivity index (χ1v) is 10.2. The van der Waals surface area contributed by atoms with Gasteiger partial charge in [-0.25, -0.2) is 0 Å². The SMILES string of the molecule is CC1CCN(c2nnc(-n3cccc3CN3CCN(C)CC3)s2)CC1. The Morgan fingerprint density at radius 2 is 1.76 bits per heavy atom. The molecule has 6 nitrogen and oxygen atoms in total. The lowest BCUT2D eigenvalue weighted by Gasteiger charge is -2.32. The molecule has 2 aromatic heterocycles. The van der Waals surface area contributed by atoms with Crippen molar-refractivity contribution in [3.8, 4) is 5.13 Å². The third kappa shape index (κ3) is 3.88. The smallest absolute Gasteiger partial charge is 0.218 e. The van der Waals surface area contributed by atoms with E-state index in [-0.39, 0.29) is 0 Å². The van der Waals surface area contributed by atoms with E-state index in [1.54, 1.807) is 11.3 Å². The van der Waals surface area contributed by atoms with E-state index in [0.29, 0.717) is 0 Å². The molecule has 2 aliphatic heterocycles. The Labute approximate surface area is 154 Å². The van der Waals surface area contributed by atoms with E-state index in [0.717, 1.165) is 62.0 Å². The zero-order valence-corrected chi connectivity index (χ0v) is 16.1. The minimum atomic E-state index is 0.836. The summed E-state index contributed by atoms with van der Waals surface area (Å²) in [5.74, 6) is 0.836. The highest BCUT2D eigenvalue weighted by molar-refractivity contribution is 7.17. The van der Waals surface area contributed by atoms with Crippen LogP contribution in [0.1, 0.15) is 25.5 Å². The molecule has 4 rings (SSSR count). The monoisotopic (exact) mass is 360 g/mol. The van der Waals surface area contributed by atoms with Crippen LogP contribution in [-0.2, 0) is 6.54 Å². The van der Waals surface area contributed by atoms with Crippen LogP contribution in [0.15, 0.2) is 18.3 Å². The van der Waals surface area contributed by atoms with E-state index >= 15 is 0 Å². The topological polar surface area (TPSA) is 40.4 Å². The number of anilines is 1. The number of aromatic nitrogens is 3. The fourth-order valence-electron chi connectivity index (χ4n) is 3.60. The van der Waals surface area contributed by atoms with Crippen molar-refractivity contribution in [1.29, 1.82) is 0 Å². The fourth-order valence-corrected chi connectivity index (χ4v) is 4.51. The molecule has 0 atom stereocenters. The zero-order chi connectivity index (χ0) is 17.2. The molecular weight excluding hydrogens is 332 g/mol. The van der Waals surface area contributed by atoms with Gasteiger partial charge >= 0.3 is 0 Å². The summed E-state index contributed by atoms with van der Waals surface area (Å²) in [6.45, 7) is 10.1. The maximum absolute atomic E-state index is 4.48. The number of hydrogen-bond donors (Lipinski definition) is 0. The van der Waals surface area contributed by atoms with Crippen molar-refractivity contribution in [3.63, 3.8) is 0 Å². The quantitative estimate of drug-likeness (QED) is 0.837. The van der Waals surface area contributed by atoms with Gasteiger partial charge in [-0.2, -0.15) is 0 Å². The maximum atomic E-state index is 4.48. The van der Waals surface area contributed by atoms with Gasteiger partial charge in [-0.05, 0) is 37.9 Å². The standard InChI is InChI=1S/C18H28N6S/c1-15-5-8-23(9-6-15)17-19-20-18(25-17)24-7-3-4-16(24)14-22-12-10-21(2)11-13-22/h3-4,7,15H,5-6,8-14H2,1-2H3. The van der Waals surface area contributed by atoms with E-state index in [1.807, 2.05) is 0 Å². The molecule has 0 radical (unpaired) electrons. The third-order valence-electron chi connectivity index (χ3n) is 5.48. The summed E-state index contributed by atoms with van der Waals surface area (Å²) < 4.78 is 2.21. The summed E-state index contributed by atoms with van der Waals surface area (Å²) in [6.07, 6.45) is 4.63. The molecule has 7 heteroatoms. The van der Waals surface area contributed by atoms with Crippen LogP contribution < -0.4 is 4.90 Å². The van der Waals surface area contributed by atoms with E-state index < -0.39 is 0 Å². The Kier molecular flexibility index (Phi) is 5.05. The van der Waals surface area contributed by atoms with Gasteiger partial charge in [-0.1, -0.05) is 18.3 Å². The molecule has 2 saturated heterocycles. The summed E-state index contributed by atoms with van der Waals surface area (Å²) >= 11 is 1.71. The van der Waals surface area contributed by atoms with Crippen LogP contribution in [0.4, 0.5) is 5.13 Å². The summed E-state index contributed by atoms with van der Waals surface area (Å²) in [5.41, 5.74) is 1.31. The molecule has 0 bridgehead atoms. The van der Waals surface area contributed by atoms with Crippen molar-refractivity contribution in [3.05, 3.63) is 24.0 Å². The molecule has 0 amide bonds. The van der Waals surface area contributed by atoms with Gasteiger partial charge in [0.25, 0.3) is 0 Å². The lowest BCUT2D eigenvalue weighted by atomic mass is 10.00. The van der Waals surface area contributed by atoms with Gasteiger partial charge in [0.2, 0.25) is 10.3 Å². The molecule has 136 valence electrons. The average molecular weight is 361 g/mol. The molecule has 25 heavy (non-hydrogen) atoms. The highest BCUT2D eigenvalue weighted by Crippen LogP contribution is 2.28. The maximum Gasteiger partial charge on any atom is 0.218 e. The minimum absolute atomic E-state index is 0.836. The van der Waals surface area contributed by atoms with E-state index in [1.165, 1.54) is 18.5 Å². The van der Waals surface area contributed by atoms with Gasteiger partial charge in [0.05, 0.1) is 0 Å². The van der Waals surface area contributed by atoms with Gasteiger partial charge in [0.15, 0.2) is 0 Å². The molecule has 0 saturated carbocycles. The summed E-state index contributed by atoms with van der Waals surface area (Å²) in [5, 5.41) is 11.0. The molecule has 2 aliphatic rings. The molecule has 4 heterocycles. The normalized spacial score (nSPS) is 21.1. The molecule has 0 aliphatic carbocycles. The molecule has 0 aromatic carbocycles. The van der Waals surface area contributed by atoms with Crippen LogP contribution in [-0.4, -0.2) is 70.9 Å². The van der Waals surface area contributed by atoms with Gasteiger partial charge in [0, 0.05) is 57.7 Å². The summed E-state index contributed by atoms with van der Waals surface area (Å²) in [7, 11) is 2.20. The van der Waals surface area contributed by atoms with Crippen molar-refractivity contribution in [2.75, 3.05) is 51.2 Å². The first kappa shape index (κ1) is 17.0. The van der Waals surface area contributed by atoms with Crippen molar-refractivity contribution in [1.82, 2.24) is 24.6 Å². The Hall–Kier alpha value is -1.44. The van der Waals surface area contributed by atoms with Crippen molar-refractivity contribution in [2.24, 2.45) is 5.92 Å². The van der Waals surface area contributed by atoms with E-state index in [4.69, 9.17) is 0 Å². The largest absolute Gasteiger partial charge is 0.347 e. The lowest BCUT2D eigenvalue weighted by molar-refractivity contribution is 0.146. The zero-order valence-electron chi connectivity index (χ0n) is 15.3.